The summed E-state index contributed by atoms with van der Waals surface area (Å²) in [4.78, 5) is 0. The van der Waals surface area contributed by atoms with Crippen LogP contribution in [0.25, 0.3) is 88.1 Å². The SMILES string of the molecule is [2H]c1c([2H])c([2H])c2c(c1[2H])c1c([2H])c([2H])c([2H])c([2H])c1n2-c1cc2c3ccccc3n(-c3ccc([Si](c4ccccc4)(c4ccccc4)c4cccc(-c5ccccc5)c4)cc3)c2c2c1oc1ccccc12. The molecule has 300 valence electrons. The van der Waals surface area contributed by atoms with Crippen molar-refractivity contribution in [3.8, 4) is 22.5 Å². The largest absolute Gasteiger partial charge is 0.454 e. The summed E-state index contributed by atoms with van der Waals surface area (Å²) in [6, 6.07) is 64.6. The Hall–Kier alpha value is -8.18. The molecule has 0 atom stereocenters. The van der Waals surface area contributed by atoms with E-state index in [1.54, 1.807) is 4.57 Å². The Bertz CT molecular complexity index is 4240. The molecule has 0 unspecified atom stereocenters. The topological polar surface area (TPSA) is 23.0 Å². The van der Waals surface area contributed by atoms with Crippen LogP contribution in [0.5, 0.6) is 0 Å². The number of hydrogen-bond donors (Lipinski definition) is 0. The van der Waals surface area contributed by atoms with Gasteiger partial charge in [-0.25, -0.2) is 0 Å². The Balaban J connectivity index is 1.12. The van der Waals surface area contributed by atoms with Crippen LogP contribution in [0.15, 0.2) is 247 Å². The van der Waals surface area contributed by atoms with Crippen LogP contribution in [0, 0.1) is 0 Å². The molecule has 0 spiro atoms. The van der Waals surface area contributed by atoms with E-state index in [-0.39, 0.29) is 33.9 Å². The fraction of sp³-hybridized carbons (Fsp3) is 0. The lowest BCUT2D eigenvalue weighted by atomic mass is 10.1. The van der Waals surface area contributed by atoms with Gasteiger partial charge in [0, 0.05) is 32.6 Å². The van der Waals surface area contributed by atoms with Crippen molar-refractivity contribution in [2.75, 3.05) is 0 Å². The third-order valence-corrected chi connectivity index (χ3v) is 17.7. The van der Waals surface area contributed by atoms with E-state index in [9.17, 15) is 2.74 Å². The summed E-state index contributed by atoms with van der Waals surface area (Å²) in [5.74, 6) is 0. The lowest BCUT2D eigenvalue weighted by Gasteiger charge is -2.35. The number of aromatic nitrogens is 2. The van der Waals surface area contributed by atoms with E-state index in [1.807, 2.05) is 48.5 Å². The fourth-order valence-electron chi connectivity index (χ4n) is 10.2. The van der Waals surface area contributed by atoms with E-state index >= 15 is 0 Å². The van der Waals surface area contributed by atoms with Gasteiger partial charge in [0.05, 0.1) is 44.1 Å². The lowest BCUT2D eigenvalue weighted by molar-refractivity contribution is 0.666. The van der Waals surface area contributed by atoms with Crippen LogP contribution >= 0.6 is 0 Å². The normalized spacial score (nSPS) is 13.8. The molecule has 64 heavy (non-hydrogen) atoms. The zero-order valence-corrected chi connectivity index (χ0v) is 35.3. The Morgan fingerprint density at radius 3 is 1.62 bits per heavy atom. The van der Waals surface area contributed by atoms with Crippen LogP contribution < -0.4 is 20.7 Å². The summed E-state index contributed by atoms with van der Waals surface area (Å²) < 4.78 is 82.6. The predicted octanol–water partition coefficient (Wildman–Crippen LogP) is 12.8. The van der Waals surface area contributed by atoms with Gasteiger partial charge in [-0.15, -0.1) is 0 Å². The maximum absolute atomic E-state index is 9.34. The molecule has 0 amide bonds. The standard InChI is InChI=1S/C60H40N2OSi/c1-4-19-41(20-5-1)42-21-18-26-47(39-42)64(44-22-6-2-7-23-44,45-24-8-3-9-25-45)46-37-35-43(36-38-46)61-53-31-14-12-29-50(53)52-40-56(60-58(59(52)61)51-30-13-17-34-57(51)63-60)62-54-32-15-10-27-48(54)49-28-11-16-33-55(49)62/h1-40H/i10D,11D,15D,16D,27D,28D,32D,33D. The smallest absolute Gasteiger partial charge is 0.179 e. The highest BCUT2D eigenvalue weighted by atomic mass is 28.3. The van der Waals surface area contributed by atoms with E-state index in [0.29, 0.717) is 16.9 Å². The molecule has 0 bridgehead atoms. The zero-order valence-electron chi connectivity index (χ0n) is 42.3. The van der Waals surface area contributed by atoms with Crippen LogP contribution in [0.2, 0.25) is 0 Å². The number of hydrogen-bond acceptors (Lipinski definition) is 1. The van der Waals surface area contributed by atoms with Crippen molar-refractivity contribution >= 4 is 94.4 Å². The molecule has 4 heteroatoms. The quantitative estimate of drug-likeness (QED) is 0.116. The summed E-state index contributed by atoms with van der Waals surface area (Å²) in [6.45, 7) is 0. The van der Waals surface area contributed by atoms with Crippen LogP contribution in [0.4, 0.5) is 0 Å². The van der Waals surface area contributed by atoms with Crippen molar-refractivity contribution in [2.45, 2.75) is 0 Å². The highest BCUT2D eigenvalue weighted by Gasteiger charge is 2.41. The van der Waals surface area contributed by atoms with Gasteiger partial charge in [0.2, 0.25) is 0 Å². The molecule has 0 aliphatic carbocycles. The number of benzene rings is 10. The van der Waals surface area contributed by atoms with Crippen molar-refractivity contribution < 1.29 is 15.4 Å². The molecular formula is C60H40N2OSi. The van der Waals surface area contributed by atoms with E-state index < -0.39 is 44.3 Å². The second kappa shape index (κ2) is 14.5. The third kappa shape index (κ3) is 5.33. The first kappa shape index (κ1) is 29.2. The molecule has 10 aromatic carbocycles. The Labute approximate surface area is 382 Å². The zero-order chi connectivity index (χ0) is 49.2. The first-order valence-corrected chi connectivity index (χ1v) is 23.4. The lowest BCUT2D eigenvalue weighted by Crippen LogP contribution is -2.74. The fourth-order valence-corrected chi connectivity index (χ4v) is 15.0. The molecule has 0 saturated carbocycles. The molecule has 0 radical (unpaired) electrons. The average Bonchev–Trinajstić information content (AvgIpc) is 4.11. The van der Waals surface area contributed by atoms with Crippen molar-refractivity contribution in [3.63, 3.8) is 0 Å². The van der Waals surface area contributed by atoms with Gasteiger partial charge in [0.15, 0.2) is 13.7 Å². The number of rotatable bonds is 7. The van der Waals surface area contributed by atoms with Crippen LogP contribution in [-0.2, 0) is 0 Å². The minimum Gasteiger partial charge on any atom is -0.454 e. The van der Waals surface area contributed by atoms with Crippen molar-refractivity contribution in [2.24, 2.45) is 0 Å². The van der Waals surface area contributed by atoms with Gasteiger partial charge < -0.3 is 13.6 Å². The first-order valence-electron chi connectivity index (χ1n) is 25.4. The summed E-state index contributed by atoms with van der Waals surface area (Å²) in [6.07, 6.45) is 0. The van der Waals surface area contributed by atoms with Crippen molar-refractivity contribution in [1.29, 1.82) is 0 Å². The molecule has 3 heterocycles. The number of nitrogens with zero attached hydrogens (tertiary/aromatic N) is 2. The monoisotopic (exact) mass is 840 g/mol. The molecule has 0 fully saturated rings. The van der Waals surface area contributed by atoms with Crippen LogP contribution in [0.3, 0.4) is 0 Å². The molecule has 3 nitrogen and oxygen atoms in total. The number of furan rings is 1. The Morgan fingerprint density at radius 2 is 0.938 bits per heavy atom. The number of para-hydroxylation sites is 4. The van der Waals surface area contributed by atoms with Crippen molar-refractivity contribution in [1.82, 2.24) is 9.13 Å². The molecule has 13 aromatic rings. The van der Waals surface area contributed by atoms with Gasteiger partial charge in [0.25, 0.3) is 0 Å². The van der Waals surface area contributed by atoms with Crippen LogP contribution in [0.1, 0.15) is 11.0 Å². The van der Waals surface area contributed by atoms with E-state index in [0.717, 1.165) is 49.4 Å². The summed E-state index contributed by atoms with van der Waals surface area (Å²) in [5, 5.41) is 8.25. The van der Waals surface area contributed by atoms with Gasteiger partial charge in [0.1, 0.15) is 5.58 Å². The van der Waals surface area contributed by atoms with E-state index in [4.69, 9.17) is 12.6 Å². The van der Waals surface area contributed by atoms with E-state index in [2.05, 4.69) is 150 Å². The van der Waals surface area contributed by atoms with Gasteiger partial charge in [-0.2, -0.15) is 0 Å². The summed E-state index contributed by atoms with van der Waals surface area (Å²) in [5.41, 5.74) is 6.38. The Morgan fingerprint density at radius 1 is 0.391 bits per heavy atom. The van der Waals surface area contributed by atoms with Gasteiger partial charge >= 0.3 is 0 Å². The average molecular weight is 841 g/mol. The molecule has 0 N–H and O–H groups in total. The molecule has 0 aliphatic heterocycles. The predicted molar refractivity (Wildman–Crippen MR) is 271 cm³/mol. The second-order valence-corrected chi connectivity index (χ2v) is 20.0. The number of fused-ring (bicyclic) bond motifs is 10. The third-order valence-electron chi connectivity index (χ3n) is 12.9. The molecule has 13 rings (SSSR count). The summed E-state index contributed by atoms with van der Waals surface area (Å²) in [7, 11) is -3.00. The first-order chi connectivity index (χ1) is 35.1. The molecule has 0 saturated heterocycles. The van der Waals surface area contributed by atoms with Gasteiger partial charge in [-0.1, -0.05) is 200 Å². The maximum atomic E-state index is 9.34. The highest BCUT2D eigenvalue weighted by molar-refractivity contribution is 7.19. The molecule has 3 aromatic heterocycles. The highest BCUT2D eigenvalue weighted by Crippen LogP contribution is 2.45. The second-order valence-electron chi connectivity index (χ2n) is 16.2. The molecule has 0 aliphatic rings. The summed E-state index contributed by atoms with van der Waals surface area (Å²) >= 11 is 0. The van der Waals surface area contributed by atoms with Gasteiger partial charge in [-0.3, -0.25) is 0 Å². The van der Waals surface area contributed by atoms with Gasteiger partial charge in [-0.05, 0) is 74.3 Å². The minimum atomic E-state index is -3.00. The maximum Gasteiger partial charge on any atom is 0.179 e. The van der Waals surface area contributed by atoms with Crippen molar-refractivity contribution in [3.05, 3.63) is 242 Å². The van der Waals surface area contributed by atoms with E-state index in [1.165, 1.54) is 20.7 Å². The minimum absolute atomic E-state index is 0.00676. The Kier molecular flexibility index (Phi) is 6.59. The van der Waals surface area contributed by atoms with Crippen LogP contribution in [-0.4, -0.2) is 17.2 Å². The molecular weight excluding hydrogens is 793 g/mol.